The van der Waals surface area contributed by atoms with Crippen molar-refractivity contribution in [1.29, 1.82) is 0 Å². The summed E-state index contributed by atoms with van der Waals surface area (Å²) >= 11 is 0. The minimum absolute atomic E-state index is 0.0405. The first kappa shape index (κ1) is 22.9. The third-order valence-corrected chi connectivity index (χ3v) is 6.21. The first-order valence-corrected chi connectivity index (χ1v) is 10.1. The maximum Gasteiger partial charge on any atom is 0.203 e. The molecule has 7 nitrogen and oxygen atoms in total. The van der Waals surface area contributed by atoms with Crippen molar-refractivity contribution in [2.45, 2.75) is 32.3 Å². The number of benzene rings is 2. The summed E-state index contributed by atoms with van der Waals surface area (Å²) in [6.07, 6.45) is 1.01. The maximum atomic E-state index is 11.3. The zero-order valence-electron chi connectivity index (χ0n) is 19.5. The summed E-state index contributed by atoms with van der Waals surface area (Å²) in [6.45, 7) is 3.89. The molecule has 0 aromatic heterocycles. The highest BCUT2D eigenvalue weighted by Gasteiger charge is 2.38. The number of methoxy groups -OCH3 is 6. The van der Waals surface area contributed by atoms with Crippen molar-refractivity contribution in [1.82, 2.24) is 0 Å². The monoisotopic (exact) mass is 432 g/mol. The van der Waals surface area contributed by atoms with Gasteiger partial charge < -0.3 is 33.5 Å². The molecule has 2 aromatic rings. The van der Waals surface area contributed by atoms with Crippen LogP contribution >= 0.6 is 0 Å². The Bertz CT molecular complexity index is 965. The molecule has 0 spiro atoms. The first-order chi connectivity index (χ1) is 14.8. The average Bonchev–Trinajstić information content (AvgIpc) is 2.76. The largest absolute Gasteiger partial charge is 0.493 e. The van der Waals surface area contributed by atoms with Crippen molar-refractivity contribution in [3.05, 3.63) is 23.3 Å². The summed E-state index contributed by atoms with van der Waals surface area (Å²) < 4.78 is 34.2. The van der Waals surface area contributed by atoms with Gasteiger partial charge in [0.05, 0.1) is 48.3 Å². The Kier molecular flexibility index (Phi) is 6.46. The Labute approximate surface area is 183 Å². The second kappa shape index (κ2) is 8.75. The van der Waals surface area contributed by atoms with E-state index in [4.69, 9.17) is 28.4 Å². The number of hydrogen-bond acceptors (Lipinski definition) is 7. The molecular weight excluding hydrogens is 400 g/mol. The highest BCUT2D eigenvalue weighted by atomic mass is 16.5. The van der Waals surface area contributed by atoms with Crippen LogP contribution in [-0.2, 0) is 12.8 Å². The van der Waals surface area contributed by atoms with Crippen LogP contribution in [0.1, 0.15) is 25.0 Å². The standard InChI is InChI=1S/C24H32O7/c1-13-9-14-10-16(26-3)20(28-5)22(30-7)18(14)19-15(12-24(13,2)25)11-17(27-4)21(29-6)23(19)31-8/h10-11,13,25H,9,12H2,1-8H3/t13?,24-/m1/s1. The summed E-state index contributed by atoms with van der Waals surface area (Å²) in [5.74, 6) is 3.06. The van der Waals surface area contributed by atoms with Crippen LogP contribution in [0.4, 0.5) is 0 Å². The van der Waals surface area contributed by atoms with Gasteiger partial charge in [-0.05, 0) is 42.5 Å². The molecule has 170 valence electrons. The van der Waals surface area contributed by atoms with E-state index in [9.17, 15) is 5.11 Å². The van der Waals surface area contributed by atoms with Crippen molar-refractivity contribution in [2.24, 2.45) is 5.92 Å². The predicted molar refractivity (Wildman–Crippen MR) is 118 cm³/mol. The summed E-state index contributed by atoms with van der Waals surface area (Å²) in [6, 6.07) is 3.83. The number of aliphatic hydroxyl groups is 1. The summed E-state index contributed by atoms with van der Waals surface area (Å²) in [5, 5.41) is 11.3. The molecule has 0 aliphatic heterocycles. The molecule has 0 saturated carbocycles. The van der Waals surface area contributed by atoms with E-state index >= 15 is 0 Å². The SMILES string of the molecule is COc1cc2c(c(OC)c1OC)-c1c(cc(OC)c(OC)c1OC)C[C@@](C)(O)C(C)C2. The van der Waals surface area contributed by atoms with Crippen LogP contribution in [0.3, 0.4) is 0 Å². The summed E-state index contributed by atoms with van der Waals surface area (Å²) in [4.78, 5) is 0. The van der Waals surface area contributed by atoms with Crippen LogP contribution < -0.4 is 28.4 Å². The van der Waals surface area contributed by atoms with Crippen molar-refractivity contribution in [3.8, 4) is 45.6 Å². The van der Waals surface area contributed by atoms with Gasteiger partial charge in [0.2, 0.25) is 11.5 Å². The zero-order valence-corrected chi connectivity index (χ0v) is 19.5. The van der Waals surface area contributed by atoms with Crippen LogP contribution in [0.25, 0.3) is 11.1 Å². The lowest BCUT2D eigenvalue weighted by atomic mass is 9.75. The molecule has 3 rings (SSSR count). The van der Waals surface area contributed by atoms with Crippen molar-refractivity contribution >= 4 is 0 Å². The molecule has 2 aromatic carbocycles. The highest BCUT2D eigenvalue weighted by Crippen LogP contribution is 2.56. The molecular formula is C24H32O7. The smallest absolute Gasteiger partial charge is 0.203 e. The number of rotatable bonds is 6. The van der Waals surface area contributed by atoms with Crippen molar-refractivity contribution in [3.63, 3.8) is 0 Å². The van der Waals surface area contributed by atoms with Crippen LogP contribution in [0, 0.1) is 5.92 Å². The normalized spacial score (nSPS) is 20.0. The Morgan fingerprint density at radius 1 is 0.710 bits per heavy atom. The molecule has 1 aliphatic carbocycles. The maximum absolute atomic E-state index is 11.3. The van der Waals surface area contributed by atoms with E-state index in [-0.39, 0.29) is 5.92 Å². The summed E-state index contributed by atoms with van der Waals surface area (Å²) in [5.41, 5.74) is 2.46. The molecule has 1 N–H and O–H groups in total. The third-order valence-electron chi connectivity index (χ3n) is 6.21. The molecule has 7 heteroatoms. The molecule has 0 heterocycles. The minimum atomic E-state index is -0.961. The van der Waals surface area contributed by atoms with Gasteiger partial charge in [0.1, 0.15) is 0 Å². The topological polar surface area (TPSA) is 75.6 Å². The fourth-order valence-electron chi connectivity index (χ4n) is 4.37. The van der Waals surface area contributed by atoms with E-state index in [0.717, 1.165) is 22.3 Å². The lowest BCUT2D eigenvalue weighted by Gasteiger charge is -2.36. The predicted octanol–water partition coefficient (Wildman–Crippen LogP) is 3.89. The van der Waals surface area contributed by atoms with Gasteiger partial charge in [0, 0.05) is 17.5 Å². The summed E-state index contributed by atoms with van der Waals surface area (Å²) in [7, 11) is 9.51. The first-order valence-electron chi connectivity index (χ1n) is 10.1. The van der Waals surface area contributed by atoms with Gasteiger partial charge in [-0.25, -0.2) is 0 Å². The van der Waals surface area contributed by atoms with Gasteiger partial charge in [-0.15, -0.1) is 0 Å². The van der Waals surface area contributed by atoms with E-state index in [0.29, 0.717) is 47.3 Å². The average molecular weight is 433 g/mol. The molecule has 0 saturated heterocycles. The van der Waals surface area contributed by atoms with Crippen LogP contribution in [-0.4, -0.2) is 53.4 Å². The highest BCUT2D eigenvalue weighted by molar-refractivity contribution is 5.88. The molecule has 2 atom stereocenters. The number of fused-ring (bicyclic) bond motifs is 3. The molecule has 1 unspecified atom stereocenters. The van der Waals surface area contributed by atoms with Crippen LogP contribution in [0.5, 0.6) is 34.5 Å². The fourth-order valence-corrected chi connectivity index (χ4v) is 4.37. The van der Waals surface area contributed by atoms with Crippen LogP contribution in [0.2, 0.25) is 0 Å². The fraction of sp³-hybridized carbons (Fsp3) is 0.500. The van der Waals surface area contributed by atoms with Gasteiger partial charge in [-0.1, -0.05) is 6.92 Å². The Morgan fingerprint density at radius 3 is 1.55 bits per heavy atom. The van der Waals surface area contributed by atoms with Gasteiger partial charge in [-0.3, -0.25) is 0 Å². The van der Waals surface area contributed by atoms with Crippen molar-refractivity contribution in [2.75, 3.05) is 42.7 Å². The minimum Gasteiger partial charge on any atom is -0.493 e. The zero-order chi connectivity index (χ0) is 22.9. The van der Waals surface area contributed by atoms with Crippen molar-refractivity contribution < 1.29 is 33.5 Å². The van der Waals surface area contributed by atoms with E-state index < -0.39 is 5.60 Å². The Morgan fingerprint density at radius 2 is 1.13 bits per heavy atom. The van der Waals surface area contributed by atoms with E-state index in [1.165, 1.54) is 0 Å². The lowest BCUT2D eigenvalue weighted by Crippen LogP contribution is -2.37. The molecule has 0 fully saturated rings. The number of ether oxygens (including phenoxy) is 6. The molecule has 31 heavy (non-hydrogen) atoms. The van der Waals surface area contributed by atoms with Crippen LogP contribution in [0.15, 0.2) is 12.1 Å². The molecule has 1 aliphatic rings. The Hall–Kier alpha value is -2.80. The van der Waals surface area contributed by atoms with Gasteiger partial charge in [0.25, 0.3) is 0 Å². The van der Waals surface area contributed by atoms with E-state index in [1.807, 2.05) is 26.0 Å². The van der Waals surface area contributed by atoms with E-state index in [2.05, 4.69) is 0 Å². The molecule has 0 radical (unpaired) electrons. The number of hydrogen-bond donors (Lipinski definition) is 1. The Balaban J connectivity index is 2.54. The second-order valence-corrected chi connectivity index (χ2v) is 8.00. The lowest BCUT2D eigenvalue weighted by molar-refractivity contribution is 0.00628. The van der Waals surface area contributed by atoms with E-state index in [1.54, 1.807) is 42.7 Å². The second-order valence-electron chi connectivity index (χ2n) is 8.00. The van der Waals surface area contributed by atoms with Gasteiger partial charge in [0.15, 0.2) is 23.0 Å². The third kappa shape index (κ3) is 3.71. The quantitative estimate of drug-likeness (QED) is 0.742. The van der Waals surface area contributed by atoms with Gasteiger partial charge in [-0.2, -0.15) is 0 Å². The van der Waals surface area contributed by atoms with Gasteiger partial charge >= 0.3 is 0 Å². The molecule has 0 amide bonds. The molecule has 0 bridgehead atoms.